The molecule has 0 saturated carbocycles. The maximum Gasteiger partial charge on any atom is 0.258 e. The summed E-state index contributed by atoms with van der Waals surface area (Å²) in [7, 11) is 1.57. The van der Waals surface area contributed by atoms with Gasteiger partial charge in [-0.3, -0.25) is 4.79 Å². The van der Waals surface area contributed by atoms with E-state index in [1.165, 1.54) is 6.07 Å². The molecule has 0 atom stereocenters. The monoisotopic (exact) mass is 317 g/mol. The molecule has 0 radical (unpaired) electrons. The number of hydrogen-bond acceptors (Lipinski definition) is 2. The molecule has 1 aromatic carbocycles. The van der Waals surface area contributed by atoms with Gasteiger partial charge in [0.2, 0.25) is 0 Å². The first-order valence-corrected chi connectivity index (χ1v) is 6.52. The van der Waals surface area contributed by atoms with Crippen LogP contribution in [0.4, 0.5) is 4.39 Å². The summed E-state index contributed by atoms with van der Waals surface area (Å²) in [6, 6.07) is 4.49. The smallest absolute Gasteiger partial charge is 0.258 e. The molecule has 0 bridgehead atoms. The van der Waals surface area contributed by atoms with Crippen molar-refractivity contribution in [2.75, 3.05) is 20.3 Å². The van der Waals surface area contributed by atoms with Crippen LogP contribution in [0, 0.1) is 5.82 Å². The number of rotatable bonds is 5. The lowest BCUT2D eigenvalue weighted by atomic mass is 10.1. The maximum absolute atomic E-state index is 13.7. The number of halogens is 2. The average Bonchev–Trinajstić information content (AvgIpc) is 2.28. The van der Waals surface area contributed by atoms with Crippen molar-refractivity contribution in [3.05, 3.63) is 34.1 Å². The van der Waals surface area contributed by atoms with Crippen LogP contribution in [0.15, 0.2) is 22.7 Å². The van der Waals surface area contributed by atoms with E-state index in [2.05, 4.69) is 15.9 Å². The lowest BCUT2D eigenvalue weighted by Crippen LogP contribution is -2.39. The highest BCUT2D eigenvalue weighted by molar-refractivity contribution is 9.10. The summed E-state index contributed by atoms with van der Waals surface area (Å²) in [6.45, 7) is 4.65. The summed E-state index contributed by atoms with van der Waals surface area (Å²) in [6.07, 6.45) is 0. The molecule has 18 heavy (non-hydrogen) atoms. The molecule has 1 aromatic rings. The fraction of sp³-hybridized carbons (Fsp3) is 0.462. The van der Waals surface area contributed by atoms with Gasteiger partial charge < -0.3 is 9.64 Å². The average molecular weight is 318 g/mol. The Morgan fingerprint density at radius 3 is 2.67 bits per heavy atom. The Morgan fingerprint density at radius 1 is 1.50 bits per heavy atom. The van der Waals surface area contributed by atoms with Crippen molar-refractivity contribution in [3.8, 4) is 0 Å². The molecule has 1 rings (SSSR count). The van der Waals surface area contributed by atoms with Crippen LogP contribution in [0.3, 0.4) is 0 Å². The van der Waals surface area contributed by atoms with Crippen molar-refractivity contribution in [2.45, 2.75) is 19.9 Å². The van der Waals surface area contributed by atoms with Crippen LogP contribution in [0.2, 0.25) is 0 Å². The van der Waals surface area contributed by atoms with Gasteiger partial charge in [0.25, 0.3) is 5.91 Å². The molecule has 0 aliphatic rings. The lowest BCUT2D eigenvalue weighted by Gasteiger charge is -2.27. The van der Waals surface area contributed by atoms with Gasteiger partial charge in [0, 0.05) is 24.2 Å². The van der Waals surface area contributed by atoms with Crippen molar-refractivity contribution in [2.24, 2.45) is 0 Å². The van der Waals surface area contributed by atoms with Gasteiger partial charge in [0.1, 0.15) is 5.82 Å². The van der Waals surface area contributed by atoms with Gasteiger partial charge >= 0.3 is 0 Å². The molecule has 0 heterocycles. The fourth-order valence-electron chi connectivity index (χ4n) is 1.63. The number of carbonyl (C=O) groups excluding carboxylic acids is 1. The van der Waals surface area contributed by atoms with Gasteiger partial charge in [-0.2, -0.15) is 0 Å². The van der Waals surface area contributed by atoms with Crippen LogP contribution in [-0.2, 0) is 4.74 Å². The predicted octanol–water partition coefficient (Wildman–Crippen LogP) is 3.09. The minimum atomic E-state index is -0.516. The van der Waals surface area contributed by atoms with Crippen LogP contribution in [0.25, 0.3) is 0 Å². The molecule has 100 valence electrons. The van der Waals surface area contributed by atoms with Gasteiger partial charge in [0.15, 0.2) is 0 Å². The number of hydrogen-bond donors (Lipinski definition) is 0. The number of benzene rings is 1. The highest BCUT2D eigenvalue weighted by atomic mass is 79.9. The van der Waals surface area contributed by atoms with E-state index < -0.39 is 5.82 Å². The summed E-state index contributed by atoms with van der Waals surface area (Å²) in [4.78, 5) is 13.9. The molecular formula is C13H17BrFNO2. The van der Waals surface area contributed by atoms with Gasteiger partial charge in [-0.05, 0) is 41.9 Å². The van der Waals surface area contributed by atoms with E-state index in [1.807, 2.05) is 13.8 Å². The second kappa shape index (κ2) is 6.85. The number of carbonyl (C=O) groups is 1. The first kappa shape index (κ1) is 15.1. The largest absolute Gasteiger partial charge is 0.383 e. The summed E-state index contributed by atoms with van der Waals surface area (Å²) in [5.74, 6) is -0.843. The number of methoxy groups -OCH3 is 1. The second-order valence-corrected chi connectivity index (χ2v) is 5.04. The van der Waals surface area contributed by atoms with Crippen LogP contribution >= 0.6 is 15.9 Å². The van der Waals surface area contributed by atoms with Gasteiger partial charge in [-0.1, -0.05) is 6.07 Å². The first-order chi connectivity index (χ1) is 8.49. The van der Waals surface area contributed by atoms with E-state index in [0.717, 1.165) is 0 Å². The summed E-state index contributed by atoms with van der Waals surface area (Å²) in [5.41, 5.74) is 0.0716. The van der Waals surface area contributed by atoms with E-state index >= 15 is 0 Å². The third-order valence-electron chi connectivity index (χ3n) is 2.60. The van der Waals surface area contributed by atoms with Crippen LogP contribution in [0.1, 0.15) is 24.2 Å². The van der Waals surface area contributed by atoms with Crippen molar-refractivity contribution in [3.63, 3.8) is 0 Å². The van der Waals surface area contributed by atoms with Gasteiger partial charge in [-0.15, -0.1) is 0 Å². The molecule has 0 fully saturated rings. The highest BCUT2D eigenvalue weighted by Crippen LogP contribution is 2.22. The zero-order valence-corrected chi connectivity index (χ0v) is 12.3. The van der Waals surface area contributed by atoms with E-state index in [-0.39, 0.29) is 17.5 Å². The number of ether oxygens (including phenoxy) is 1. The van der Waals surface area contributed by atoms with Gasteiger partial charge in [-0.25, -0.2) is 4.39 Å². The Labute approximate surface area is 115 Å². The quantitative estimate of drug-likeness (QED) is 0.835. The second-order valence-electron chi connectivity index (χ2n) is 4.18. The first-order valence-electron chi connectivity index (χ1n) is 5.73. The Bertz CT molecular complexity index is 403. The topological polar surface area (TPSA) is 29.5 Å². The third kappa shape index (κ3) is 3.53. The minimum absolute atomic E-state index is 0.0147. The standard InChI is InChI=1S/C13H17BrFNO2/c1-9(2)16(7-8-18-3)13(17)12-10(14)5-4-6-11(12)15/h4-6,9H,7-8H2,1-3H3. The molecule has 1 amide bonds. The van der Waals surface area contributed by atoms with Crippen LogP contribution in [-0.4, -0.2) is 37.1 Å². The third-order valence-corrected chi connectivity index (χ3v) is 3.26. The van der Waals surface area contributed by atoms with Crippen molar-refractivity contribution in [1.82, 2.24) is 4.90 Å². The molecule has 0 N–H and O–H groups in total. The predicted molar refractivity (Wildman–Crippen MR) is 72.1 cm³/mol. The Hall–Kier alpha value is -0.940. The summed E-state index contributed by atoms with van der Waals surface area (Å²) >= 11 is 3.21. The van der Waals surface area contributed by atoms with Crippen molar-refractivity contribution >= 4 is 21.8 Å². The molecule has 0 aliphatic carbocycles. The zero-order valence-electron chi connectivity index (χ0n) is 10.7. The van der Waals surface area contributed by atoms with E-state index in [9.17, 15) is 9.18 Å². The highest BCUT2D eigenvalue weighted by Gasteiger charge is 2.23. The Morgan fingerprint density at radius 2 is 2.17 bits per heavy atom. The van der Waals surface area contributed by atoms with Crippen molar-refractivity contribution in [1.29, 1.82) is 0 Å². The fourth-order valence-corrected chi connectivity index (χ4v) is 2.14. The molecule has 0 saturated heterocycles. The SMILES string of the molecule is COCCN(C(=O)c1c(F)cccc1Br)C(C)C. The number of nitrogens with zero attached hydrogens (tertiary/aromatic N) is 1. The normalized spacial score (nSPS) is 10.8. The van der Waals surface area contributed by atoms with Crippen molar-refractivity contribution < 1.29 is 13.9 Å². The lowest BCUT2D eigenvalue weighted by molar-refractivity contribution is 0.0629. The Kier molecular flexibility index (Phi) is 5.75. The zero-order chi connectivity index (χ0) is 13.7. The Balaban J connectivity index is 3.02. The molecule has 5 heteroatoms. The van der Waals surface area contributed by atoms with E-state index in [1.54, 1.807) is 24.1 Å². The maximum atomic E-state index is 13.7. The van der Waals surface area contributed by atoms with Gasteiger partial charge in [0.05, 0.1) is 12.2 Å². The summed E-state index contributed by atoms with van der Waals surface area (Å²) < 4.78 is 19.2. The molecular weight excluding hydrogens is 301 g/mol. The molecule has 0 spiro atoms. The van der Waals surface area contributed by atoms with Crippen LogP contribution in [0.5, 0.6) is 0 Å². The van der Waals surface area contributed by atoms with E-state index in [4.69, 9.17) is 4.74 Å². The summed E-state index contributed by atoms with van der Waals surface area (Å²) in [5, 5.41) is 0. The van der Waals surface area contributed by atoms with E-state index in [0.29, 0.717) is 17.6 Å². The molecule has 0 unspecified atom stereocenters. The minimum Gasteiger partial charge on any atom is -0.383 e. The number of amides is 1. The molecule has 3 nitrogen and oxygen atoms in total. The van der Waals surface area contributed by atoms with Crippen LogP contribution < -0.4 is 0 Å². The molecule has 0 aromatic heterocycles. The molecule has 0 aliphatic heterocycles.